The highest BCUT2D eigenvalue weighted by atomic mass is 32.2. The van der Waals surface area contributed by atoms with Crippen LogP contribution in [0.2, 0.25) is 0 Å². The first-order valence-corrected chi connectivity index (χ1v) is 6.13. The summed E-state index contributed by atoms with van der Waals surface area (Å²) in [5, 5.41) is 18.3. The molecule has 1 aromatic carbocycles. The van der Waals surface area contributed by atoms with Crippen molar-refractivity contribution in [1.82, 2.24) is 0 Å². The number of hydrogen-bond acceptors (Lipinski definition) is 3. The molecule has 0 atom stereocenters. The molecule has 1 aliphatic heterocycles. The van der Waals surface area contributed by atoms with Crippen molar-refractivity contribution in [2.24, 2.45) is 0 Å². The fourth-order valence-electron chi connectivity index (χ4n) is 1.91. The Morgan fingerprint density at radius 2 is 2.07 bits per heavy atom. The molecule has 0 aromatic heterocycles. The predicted octanol–water partition coefficient (Wildman–Crippen LogP) is 1.14. The van der Waals surface area contributed by atoms with Crippen LogP contribution in [0.5, 0.6) is 0 Å². The molecule has 0 aliphatic carbocycles. The van der Waals surface area contributed by atoms with Crippen LogP contribution < -0.4 is 5.46 Å². The summed E-state index contributed by atoms with van der Waals surface area (Å²) in [4.78, 5) is 1.27. The highest BCUT2D eigenvalue weighted by Gasteiger charge is 2.28. The number of thioether (sulfide) groups is 1. The lowest BCUT2D eigenvalue weighted by Gasteiger charge is -2.32. The van der Waals surface area contributed by atoms with E-state index in [0.717, 1.165) is 12.2 Å². The SMILES string of the molecule is CC1(C)CCSc2ccc(B(O)O)cc21. The summed E-state index contributed by atoms with van der Waals surface area (Å²) in [7, 11) is -1.36. The maximum atomic E-state index is 9.14. The number of benzene rings is 1. The Balaban J connectivity index is 2.49. The van der Waals surface area contributed by atoms with E-state index in [9.17, 15) is 0 Å². The van der Waals surface area contributed by atoms with Gasteiger partial charge in [0.15, 0.2) is 0 Å². The zero-order valence-corrected chi connectivity index (χ0v) is 9.84. The zero-order valence-electron chi connectivity index (χ0n) is 9.03. The molecular weight excluding hydrogens is 207 g/mol. The third kappa shape index (κ3) is 2.07. The molecule has 2 N–H and O–H groups in total. The van der Waals surface area contributed by atoms with Crippen LogP contribution in [0.1, 0.15) is 25.8 Å². The Bertz CT molecular complexity index is 377. The van der Waals surface area contributed by atoms with Gasteiger partial charge < -0.3 is 10.0 Å². The first kappa shape index (κ1) is 11.1. The van der Waals surface area contributed by atoms with Gasteiger partial charge in [-0.1, -0.05) is 26.0 Å². The van der Waals surface area contributed by atoms with Gasteiger partial charge in [-0.2, -0.15) is 0 Å². The van der Waals surface area contributed by atoms with Gasteiger partial charge >= 0.3 is 7.12 Å². The molecule has 0 spiro atoms. The van der Waals surface area contributed by atoms with E-state index in [1.165, 1.54) is 10.5 Å². The van der Waals surface area contributed by atoms with E-state index in [-0.39, 0.29) is 5.41 Å². The lowest BCUT2D eigenvalue weighted by atomic mass is 9.74. The molecule has 2 nitrogen and oxygen atoms in total. The van der Waals surface area contributed by atoms with Gasteiger partial charge in [-0.05, 0) is 34.7 Å². The van der Waals surface area contributed by atoms with Crippen LogP contribution in [0.4, 0.5) is 0 Å². The van der Waals surface area contributed by atoms with Gasteiger partial charge in [0.25, 0.3) is 0 Å². The van der Waals surface area contributed by atoms with Crippen LogP contribution in [-0.2, 0) is 5.41 Å². The van der Waals surface area contributed by atoms with E-state index in [1.54, 1.807) is 6.07 Å². The van der Waals surface area contributed by atoms with Crippen molar-refractivity contribution in [3.8, 4) is 0 Å². The molecule has 0 amide bonds. The average Bonchev–Trinajstić information content (AvgIpc) is 2.17. The fourth-order valence-corrected chi connectivity index (χ4v) is 3.40. The Hall–Kier alpha value is -0.445. The molecule has 0 saturated heterocycles. The van der Waals surface area contributed by atoms with Gasteiger partial charge in [0, 0.05) is 4.90 Å². The molecule has 1 aromatic rings. The van der Waals surface area contributed by atoms with Crippen molar-refractivity contribution in [2.45, 2.75) is 30.6 Å². The first-order chi connectivity index (χ1) is 7.00. The van der Waals surface area contributed by atoms with Crippen LogP contribution in [-0.4, -0.2) is 22.9 Å². The third-order valence-electron chi connectivity index (χ3n) is 3.02. The van der Waals surface area contributed by atoms with E-state index in [0.29, 0.717) is 5.46 Å². The zero-order chi connectivity index (χ0) is 11.1. The smallest absolute Gasteiger partial charge is 0.423 e. The molecule has 0 radical (unpaired) electrons. The Morgan fingerprint density at radius 1 is 1.33 bits per heavy atom. The third-order valence-corrected chi connectivity index (χ3v) is 4.09. The van der Waals surface area contributed by atoms with Crippen molar-refractivity contribution < 1.29 is 10.0 Å². The van der Waals surface area contributed by atoms with E-state index in [1.807, 2.05) is 23.9 Å². The van der Waals surface area contributed by atoms with Gasteiger partial charge in [0.2, 0.25) is 0 Å². The number of rotatable bonds is 1. The molecule has 1 heterocycles. The summed E-state index contributed by atoms with van der Waals surface area (Å²) in [6.45, 7) is 4.41. The molecule has 0 saturated carbocycles. The minimum Gasteiger partial charge on any atom is -0.423 e. The molecule has 4 heteroatoms. The largest absolute Gasteiger partial charge is 0.488 e. The summed E-state index contributed by atoms with van der Waals surface area (Å²) >= 11 is 1.85. The van der Waals surface area contributed by atoms with Crippen molar-refractivity contribution >= 4 is 24.3 Å². The maximum Gasteiger partial charge on any atom is 0.488 e. The van der Waals surface area contributed by atoms with Gasteiger partial charge in [0.05, 0.1) is 0 Å². The quantitative estimate of drug-likeness (QED) is 0.700. The summed E-state index contributed by atoms with van der Waals surface area (Å²) in [6.07, 6.45) is 1.13. The molecule has 0 bridgehead atoms. The Labute approximate surface area is 94.9 Å². The molecular formula is C11H15BO2S. The van der Waals surface area contributed by atoms with E-state index in [4.69, 9.17) is 10.0 Å². The van der Waals surface area contributed by atoms with E-state index >= 15 is 0 Å². The molecule has 0 unspecified atom stereocenters. The van der Waals surface area contributed by atoms with Crippen LogP contribution >= 0.6 is 11.8 Å². The molecule has 0 fully saturated rings. The van der Waals surface area contributed by atoms with Crippen molar-refractivity contribution in [3.05, 3.63) is 23.8 Å². The summed E-state index contributed by atoms with van der Waals surface area (Å²) < 4.78 is 0. The van der Waals surface area contributed by atoms with Crippen molar-refractivity contribution in [1.29, 1.82) is 0 Å². The second-order valence-corrected chi connectivity index (χ2v) is 5.75. The second-order valence-electron chi connectivity index (χ2n) is 4.61. The Morgan fingerprint density at radius 3 is 2.73 bits per heavy atom. The van der Waals surface area contributed by atoms with E-state index < -0.39 is 7.12 Å². The summed E-state index contributed by atoms with van der Waals surface area (Å²) in [5.41, 5.74) is 1.97. The molecule has 1 aliphatic rings. The topological polar surface area (TPSA) is 40.5 Å². The predicted molar refractivity (Wildman–Crippen MR) is 64.6 cm³/mol. The molecule has 15 heavy (non-hydrogen) atoms. The first-order valence-electron chi connectivity index (χ1n) is 5.14. The van der Waals surface area contributed by atoms with Crippen LogP contribution in [0.15, 0.2) is 23.1 Å². The molecule has 2 rings (SSSR count). The van der Waals surface area contributed by atoms with Crippen LogP contribution in [0.25, 0.3) is 0 Å². The standard InChI is InChI=1S/C11H15BO2S/c1-11(2)5-6-15-10-4-3-8(12(13)14)7-9(10)11/h3-4,7,13-14H,5-6H2,1-2H3. The normalized spacial score (nSPS) is 18.4. The lowest BCUT2D eigenvalue weighted by molar-refractivity contribution is 0.425. The van der Waals surface area contributed by atoms with E-state index in [2.05, 4.69) is 13.8 Å². The van der Waals surface area contributed by atoms with Gasteiger partial charge in [0.1, 0.15) is 0 Å². The van der Waals surface area contributed by atoms with Crippen molar-refractivity contribution in [2.75, 3.05) is 5.75 Å². The lowest BCUT2D eigenvalue weighted by Crippen LogP contribution is -2.33. The van der Waals surface area contributed by atoms with Gasteiger partial charge in [-0.3, -0.25) is 0 Å². The van der Waals surface area contributed by atoms with Gasteiger partial charge in [-0.15, -0.1) is 11.8 Å². The van der Waals surface area contributed by atoms with Crippen molar-refractivity contribution in [3.63, 3.8) is 0 Å². The minimum atomic E-state index is -1.36. The number of hydrogen-bond donors (Lipinski definition) is 2. The monoisotopic (exact) mass is 222 g/mol. The van der Waals surface area contributed by atoms with Crippen LogP contribution in [0, 0.1) is 0 Å². The maximum absolute atomic E-state index is 9.14. The Kier molecular flexibility index (Phi) is 2.84. The minimum absolute atomic E-state index is 0.144. The average molecular weight is 222 g/mol. The molecule has 80 valence electrons. The summed E-state index contributed by atoms with van der Waals surface area (Å²) in [6, 6.07) is 5.71. The number of fused-ring (bicyclic) bond motifs is 1. The highest BCUT2D eigenvalue weighted by Crippen LogP contribution is 2.40. The van der Waals surface area contributed by atoms with Gasteiger partial charge in [-0.25, -0.2) is 0 Å². The summed E-state index contributed by atoms with van der Waals surface area (Å²) in [5.74, 6) is 1.14. The highest BCUT2D eigenvalue weighted by molar-refractivity contribution is 7.99. The fraction of sp³-hybridized carbons (Fsp3) is 0.455. The van der Waals surface area contributed by atoms with Crippen LogP contribution in [0.3, 0.4) is 0 Å². The second kappa shape index (κ2) is 3.85.